The summed E-state index contributed by atoms with van der Waals surface area (Å²) >= 11 is 6.08. The zero-order chi connectivity index (χ0) is 28.3. The molecule has 3 rings (SSSR count). The Morgan fingerprint density at radius 2 is 1.51 bits per heavy atom. The predicted octanol–water partition coefficient (Wildman–Crippen LogP) is 5.05. The van der Waals surface area contributed by atoms with Crippen molar-refractivity contribution in [3.8, 4) is 0 Å². The van der Waals surface area contributed by atoms with Gasteiger partial charge in [0.15, 0.2) is 0 Å². The van der Waals surface area contributed by atoms with Crippen LogP contribution in [-0.2, 0) is 32.6 Å². The third-order valence-electron chi connectivity index (χ3n) is 6.28. The van der Waals surface area contributed by atoms with E-state index in [-0.39, 0.29) is 31.3 Å². The van der Waals surface area contributed by atoms with Crippen LogP contribution in [0.1, 0.15) is 37.3 Å². The van der Waals surface area contributed by atoms with E-state index in [1.807, 2.05) is 55.5 Å². The Balaban J connectivity index is 1.85. The molecule has 0 aromatic heterocycles. The van der Waals surface area contributed by atoms with Crippen molar-refractivity contribution in [3.63, 3.8) is 0 Å². The van der Waals surface area contributed by atoms with Crippen molar-refractivity contribution in [1.82, 2.24) is 10.2 Å². The molecule has 7 nitrogen and oxygen atoms in total. The molecule has 9 heteroatoms. The zero-order valence-electron chi connectivity index (χ0n) is 22.4. The van der Waals surface area contributed by atoms with Gasteiger partial charge in [0.2, 0.25) is 21.8 Å². The molecule has 0 saturated heterocycles. The fraction of sp³-hybridized carbons (Fsp3) is 0.333. The van der Waals surface area contributed by atoms with Crippen molar-refractivity contribution < 1.29 is 18.0 Å². The largest absolute Gasteiger partial charge is 0.354 e. The van der Waals surface area contributed by atoms with Gasteiger partial charge in [0.1, 0.15) is 6.04 Å². The van der Waals surface area contributed by atoms with Gasteiger partial charge in [-0.3, -0.25) is 13.9 Å². The summed E-state index contributed by atoms with van der Waals surface area (Å²) in [6.45, 7) is 2.85. The van der Waals surface area contributed by atoms with E-state index >= 15 is 0 Å². The summed E-state index contributed by atoms with van der Waals surface area (Å²) in [5.41, 5.74) is 2.33. The number of carbonyl (C=O) groups is 2. The lowest BCUT2D eigenvalue weighted by Gasteiger charge is -2.32. The van der Waals surface area contributed by atoms with Gasteiger partial charge in [0.05, 0.1) is 11.9 Å². The van der Waals surface area contributed by atoms with Gasteiger partial charge in [0.25, 0.3) is 0 Å². The van der Waals surface area contributed by atoms with E-state index in [2.05, 4.69) is 5.32 Å². The molecule has 1 N–H and O–H groups in total. The standard InChI is InChI=1S/C30H36ClN3O4S/c1-3-20-32-30(36)28(22-24-11-6-4-7-12-24)33(23-25-16-18-26(31)19-17-25)29(35)15-10-21-34(39(2,37)38)27-13-8-5-9-14-27/h4-9,11-14,16-19,28H,3,10,15,20-23H2,1-2H3,(H,32,36)/t28-/m1/s1. The molecule has 39 heavy (non-hydrogen) atoms. The Hall–Kier alpha value is -3.36. The predicted molar refractivity (Wildman–Crippen MR) is 157 cm³/mol. The maximum absolute atomic E-state index is 13.7. The second-order valence-electron chi connectivity index (χ2n) is 9.42. The summed E-state index contributed by atoms with van der Waals surface area (Å²) < 4.78 is 26.3. The van der Waals surface area contributed by atoms with E-state index in [1.165, 1.54) is 4.31 Å². The Morgan fingerprint density at radius 1 is 0.897 bits per heavy atom. The molecule has 0 aliphatic carbocycles. The molecular formula is C30H36ClN3O4S. The highest BCUT2D eigenvalue weighted by molar-refractivity contribution is 7.92. The van der Waals surface area contributed by atoms with Gasteiger partial charge in [-0.2, -0.15) is 0 Å². The van der Waals surface area contributed by atoms with E-state index in [1.54, 1.807) is 41.3 Å². The van der Waals surface area contributed by atoms with Gasteiger partial charge < -0.3 is 10.2 Å². The van der Waals surface area contributed by atoms with Crippen LogP contribution in [0.3, 0.4) is 0 Å². The number of benzene rings is 3. The first-order valence-corrected chi connectivity index (χ1v) is 15.3. The average Bonchev–Trinajstić information content (AvgIpc) is 2.93. The van der Waals surface area contributed by atoms with Gasteiger partial charge in [-0.05, 0) is 48.2 Å². The van der Waals surface area contributed by atoms with Crippen LogP contribution in [0.15, 0.2) is 84.9 Å². The van der Waals surface area contributed by atoms with Crippen LogP contribution in [0.25, 0.3) is 0 Å². The lowest BCUT2D eigenvalue weighted by atomic mass is 10.0. The maximum Gasteiger partial charge on any atom is 0.243 e. The van der Waals surface area contributed by atoms with Crippen molar-refractivity contribution in [3.05, 3.63) is 101 Å². The first-order chi connectivity index (χ1) is 18.7. The molecule has 0 aliphatic heterocycles. The fourth-order valence-corrected chi connectivity index (χ4v) is 5.40. The summed E-state index contributed by atoms with van der Waals surface area (Å²) in [6, 6.07) is 24.9. The molecule has 3 aromatic rings. The van der Waals surface area contributed by atoms with Crippen LogP contribution in [0.5, 0.6) is 0 Å². The Bertz CT molecular complexity index is 1300. The molecule has 1 atom stereocenters. The molecule has 0 bridgehead atoms. The molecule has 0 unspecified atom stereocenters. The van der Waals surface area contributed by atoms with Gasteiger partial charge in [-0.25, -0.2) is 8.42 Å². The first kappa shape index (κ1) is 30.2. The number of carbonyl (C=O) groups excluding carboxylic acids is 2. The molecule has 0 spiro atoms. The van der Waals surface area contributed by atoms with Crippen LogP contribution in [0.4, 0.5) is 5.69 Å². The molecule has 0 radical (unpaired) electrons. The number of sulfonamides is 1. The van der Waals surface area contributed by atoms with Crippen molar-refractivity contribution >= 4 is 39.1 Å². The van der Waals surface area contributed by atoms with Crippen LogP contribution in [-0.4, -0.2) is 50.5 Å². The molecular weight excluding hydrogens is 534 g/mol. The highest BCUT2D eigenvalue weighted by Gasteiger charge is 2.30. The summed E-state index contributed by atoms with van der Waals surface area (Å²) in [4.78, 5) is 28.7. The Kier molecular flexibility index (Phi) is 11.4. The molecule has 0 heterocycles. The van der Waals surface area contributed by atoms with E-state index in [4.69, 9.17) is 11.6 Å². The Morgan fingerprint density at radius 3 is 2.10 bits per heavy atom. The number of amides is 2. The first-order valence-electron chi connectivity index (χ1n) is 13.1. The number of rotatable bonds is 14. The maximum atomic E-state index is 13.7. The lowest BCUT2D eigenvalue weighted by molar-refractivity contribution is -0.141. The fourth-order valence-electron chi connectivity index (χ4n) is 4.30. The number of hydrogen-bond donors (Lipinski definition) is 1. The lowest BCUT2D eigenvalue weighted by Crippen LogP contribution is -2.50. The van der Waals surface area contributed by atoms with Crippen molar-refractivity contribution in [1.29, 1.82) is 0 Å². The average molecular weight is 570 g/mol. The monoisotopic (exact) mass is 569 g/mol. The van der Waals surface area contributed by atoms with Crippen LogP contribution in [0, 0.1) is 0 Å². The second-order valence-corrected chi connectivity index (χ2v) is 11.8. The quantitative estimate of drug-likeness (QED) is 0.294. The van der Waals surface area contributed by atoms with Gasteiger partial charge >= 0.3 is 0 Å². The third-order valence-corrected chi connectivity index (χ3v) is 7.73. The Labute approximate surface area is 236 Å². The van der Waals surface area contributed by atoms with Crippen LogP contribution in [0.2, 0.25) is 5.02 Å². The smallest absolute Gasteiger partial charge is 0.243 e. The van der Waals surface area contributed by atoms with E-state index < -0.39 is 16.1 Å². The van der Waals surface area contributed by atoms with Crippen molar-refractivity contribution in [2.45, 2.75) is 45.2 Å². The third kappa shape index (κ3) is 9.41. The number of hydrogen-bond acceptors (Lipinski definition) is 4. The molecule has 3 aromatic carbocycles. The van der Waals surface area contributed by atoms with Crippen molar-refractivity contribution in [2.24, 2.45) is 0 Å². The van der Waals surface area contributed by atoms with E-state index in [9.17, 15) is 18.0 Å². The van der Waals surface area contributed by atoms with Gasteiger partial charge in [-0.15, -0.1) is 0 Å². The summed E-state index contributed by atoms with van der Waals surface area (Å²) in [7, 11) is -3.54. The molecule has 0 aliphatic rings. The molecule has 0 fully saturated rings. The normalized spacial score (nSPS) is 12.0. The SMILES string of the molecule is CCCNC(=O)[C@@H](Cc1ccccc1)N(Cc1ccc(Cl)cc1)C(=O)CCCN(c1ccccc1)S(C)(=O)=O. The van der Waals surface area contributed by atoms with Gasteiger partial charge in [-0.1, -0.05) is 79.2 Å². The topological polar surface area (TPSA) is 86.8 Å². The summed E-state index contributed by atoms with van der Waals surface area (Å²) in [5, 5.41) is 3.54. The minimum Gasteiger partial charge on any atom is -0.354 e. The number of halogens is 1. The zero-order valence-corrected chi connectivity index (χ0v) is 24.0. The highest BCUT2D eigenvalue weighted by atomic mass is 35.5. The molecule has 0 saturated carbocycles. The summed E-state index contributed by atoms with van der Waals surface area (Å²) in [6.07, 6.45) is 2.67. The highest BCUT2D eigenvalue weighted by Crippen LogP contribution is 2.20. The second kappa shape index (κ2) is 14.7. The molecule has 2 amide bonds. The van der Waals surface area contributed by atoms with E-state index in [0.717, 1.165) is 23.8 Å². The van der Waals surface area contributed by atoms with Crippen LogP contribution >= 0.6 is 11.6 Å². The van der Waals surface area contributed by atoms with E-state index in [0.29, 0.717) is 30.1 Å². The molecule has 208 valence electrons. The van der Waals surface area contributed by atoms with Crippen LogP contribution < -0.4 is 9.62 Å². The number of para-hydroxylation sites is 1. The number of nitrogens with zero attached hydrogens (tertiary/aromatic N) is 2. The summed E-state index contributed by atoms with van der Waals surface area (Å²) in [5.74, 6) is -0.441. The minimum atomic E-state index is -3.54. The van der Waals surface area contributed by atoms with Crippen molar-refractivity contribution in [2.75, 3.05) is 23.7 Å². The minimum absolute atomic E-state index is 0.0821. The number of anilines is 1. The number of nitrogens with one attached hydrogen (secondary N) is 1. The van der Waals surface area contributed by atoms with Gasteiger partial charge in [0, 0.05) is 37.5 Å².